The van der Waals surface area contributed by atoms with Crippen molar-refractivity contribution < 1.29 is 42.1 Å². The van der Waals surface area contributed by atoms with Crippen molar-refractivity contribution in [3.63, 3.8) is 0 Å². The Balaban J connectivity index is 4.46. The van der Waals surface area contributed by atoms with Gasteiger partial charge in [0.25, 0.3) is 0 Å². The van der Waals surface area contributed by atoms with Gasteiger partial charge in [-0.25, -0.2) is 4.57 Å². The first kappa shape index (κ1) is 42.0. The second-order valence-corrected chi connectivity index (χ2v) is 14.4. The van der Waals surface area contributed by atoms with Gasteiger partial charge in [-0.3, -0.25) is 18.6 Å². The van der Waals surface area contributed by atoms with E-state index in [0.717, 1.165) is 32.1 Å². The summed E-state index contributed by atoms with van der Waals surface area (Å²) >= 11 is 0. The third-order valence-electron chi connectivity index (χ3n) is 7.39. The van der Waals surface area contributed by atoms with Crippen LogP contribution < -0.4 is 0 Å². The number of hydrogen-bond acceptors (Lipinski definition) is 7. The lowest BCUT2D eigenvalue weighted by Crippen LogP contribution is -2.37. The molecule has 10 heteroatoms. The summed E-state index contributed by atoms with van der Waals surface area (Å²) in [6.45, 7) is 4.36. The number of esters is 2. The molecule has 0 fully saturated rings. The highest BCUT2D eigenvalue weighted by Gasteiger charge is 2.27. The van der Waals surface area contributed by atoms with Crippen molar-refractivity contribution in [2.45, 2.75) is 155 Å². The van der Waals surface area contributed by atoms with Crippen LogP contribution in [0.5, 0.6) is 0 Å². The molecule has 0 amide bonds. The van der Waals surface area contributed by atoms with Crippen LogP contribution >= 0.6 is 7.82 Å². The number of phosphoric acid groups is 1. The number of unbranched alkanes of at least 4 members (excludes halogenated alkanes) is 17. The summed E-state index contributed by atoms with van der Waals surface area (Å²) < 4.78 is 34.0. The normalized spacial score (nSPS) is 13.9. The fourth-order valence-corrected chi connectivity index (χ4v) is 5.34. The monoisotopic (exact) mass is 636 g/mol. The zero-order valence-corrected chi connectivity index (χ0v) is 29.3. The molecule has 0 bridgehead atoms. The topological polar surface area (TPSA) is 108 Å². The smallest absolute Gasteiger partial charge is 0.462 e. The molecule has 256 valence electrons. The average Bonchev–Trinajstić information content (AvgIpc) is 2.93. The maximum atomic E-state index is 12.5. The largest absolute Gasteiger partial charge is 0.472 e. The average molecular weight is 637 g/mol. The van der Waals surface area contributed by atoms with Gasteiger partial charge in [-0.1, -0.05) is 123 Å². The number of carbonyl (C=O) groups excluding carboxylic acids is 2. The summed E-state index contributed by atoms with van der Waals surface area (Å²) in [6, 6.07) is 0. The van der Waals surface area contributed by atoms with E-state index in [0.29, 0.717) is 23.9 Å². The number of quaternary nitrogens is 1. The Morgan fingerprint density at radius 3 is 1.49 bits per heavy atom. The number of carbonyl (C=O) groups is 2. The molecule has 0 aliphatic heterocycles. The highest BCUT2D eigenvalue weighted by atomic mass is 31.2. The molecule has 0 rings (SSSR count). The minimum Gasteiger partial charge on any atom is -0.462 e. The van der Waals surface area contributed by atoms with Gasteiger partial charge in [-0.05, 0) is 12.8 Å². The number of phosphoric ester groups is 1. The summed E-state index contributed by atoms with van der Waals surface area (Å²) in [5.74, 6) is -0.800. The van der Waals surface area contributed by atoms with Crippen molar-refractivity contribution in [3.8, 4) is 0 Å². The summed E-state index contributed by atoms with van der Waals surface area (Å²) in [7, 11) is 1.48. The summed E-state index contributed by atoms with van der Waals surface area (Å²) in [4.78, 5) is 34.9. The van der Waals surface area contributed by atoms with Crippen LogP contribution in [0.1, 0.15) is 149 Å². The summed E-state index contributed by atoms with van der Waals surface area (Å²) in [5.41, 5.74) is 0. The zero-order valence-electron chi connectivity index (χ0n) is 28.5. The van der Waals surface area contributed by atoms with E-state index in [1.54, 1.807) is 0 Å². The molecule has 9 nitrogen and oxygen atoms in total. The quantitative estimate of drug-likeness (QED) is 0.0349. The zero-order chi connectivity index (χ0) is 32.2. The van der Waals surface area contributed by atoms with E-state index in [1.165, 1.54) is 83.5 Å². The second-order valence-electron chi connectivity index (χ2n) is 12.9. The lowest BCUT2D eigenvalue weighted by molar-refractivity contribution is -0.870. The molecule has 43 heavy (non-hydrogen) atoms. The minimum atomic E-state index is -4.35. The van der Waals surface area contributed by atoms with Gasteiger partial charge in [0.1, 0.15) is 19.8 Å². The van der Waals surface area contributed by atoms with Crippen molar-refractivity contribution in [1.82, 2.24) is 0 Å². The molecule has 0 radical (unpaired) electrons. The van der Waals surface area contributed by atoms with E-state index in [-0.39, 0.29) is 25.6 Å². The van der Waals surface area contributed by atoms with Crippen LogP contribution in [-0.4, -0.2) is 74.9 Å². The van der Waals surface area contributed by atoms with Gasteiger partial charge < -0.3 is 18.9 Å². The molecule has 1 N–H and O–H groups in total. The molecular weight excluding hydrogens is 569 g/mol. The predicted molar refractivity (Wildman–Crippen MR) is 174 cm³/mol. The fraction of sp³-hybridized carbons (Fsp3) is 0.939. The van der Waals surface area contributed by atoms with E-state index < -0.39 is 26.5 Å². The number of likely N-dealkylation sites (N-methyl/N-ethyl adjacent to an activating group) is 1. The van der Waals surface area contributed by atoms with Crippen LogP contribution in [0, 0.1) is 0 Å². The Morgan fingerprint density at radius 2 is 1.05 bits per heavy atom. The van der Waals surface area contributed by atoms with E-state index in [2.05, 4.69) is 13.8 Å². The molecule has 2 atom stereocenters. The van der Waals surface area contributed by atoms with Gasteiger partial charge in [0, 0.05) is 12.8 Å². The van der Waals surface area contributed by atoms with E-state index >= 15 is 0 Å². The fourth-order valence-electron chi connectivity index (χ4n) is 4.60. The van der Waals surface area contributed by atoms with Gasteiger partial charge in [0.15, 0.2) is 6.10 Å². The van der Waals surface area contributed by atoms with E-state index in [1.807, 2.05) is 21.1 Å². The molecular formula is C33H67NO8P+. The van der Waals surface area contributed by atoms with Gasteiger partial charge in [-0.2, -0.15) is 0 Å². The van der Waals surface area contributed by atoms with Crippen molar-refractivity contribution in [2.75, 3.05) is 47.5 Å². The Hall–Kier alpha value is -0.990. The van der Waals surface area contributed by atoms with Crippen molar-refractivity contribution >= 4 is 19.8 Å². The summed E-state index contributed by atoms with van der Waals surface area (Å²) in [5, 5.41) is 0. The standard InChI is InChI=1S/C33H66NO8P/c1-6-8-10-12-14-16-17-18-20-21-23-25-32(35)39-29-31(30-41-43(37,38)40-28-27-34(3,4)5)42-33(36)26-24-22-19-15-13-11-9-7-2/h31H,6-30H2,1-5H3/p+1/t31-/m1/s1. The molecule has 0 aliphatic rings. The number of hydrogen-bond donors (Lipinski definition) is 1. The number of nitrogens with zero attached hydrogens (tertiary/aromatic N) is 1. The van der Waals surface area contributed by atoms with Crippen LogP contribution in [0.15, 0.2) is 0 Å². The molecule has 0 aromatic rings. The molecule has 0 aromatic carbocycles. The van der Waals surface area contributed by atoms with Crippen LogP contribution in [-0.2, 0) is 32.7 Å². The Bertz CT molecular complexity index is 728. The second kappa shape index (κ2) is 27.3. The minimum absolute atomic E-state index is 0.0358. The lowest BCUT2D eigenvalue weighted by atomic mass is 10.1. The van der Waals surface area contributed by atoms with Gasteiger partial charge in [0.05, 0.1) is 27.7 Å². The highest BCUT2D eigenvalue weighted by Crippen LogP contribution is 2.43. The molecule has 0 saturated carbocycles. The van der Waals surface area contributed by atoms with Crippen molar-refractivity contribution in [3.05, 3.63) is 0 Å². The highest BCUT2D eigenvalue weighted by molar-refractivity contribution is 7.47. The van der Waals surface area contributed by atoms with Crippen LogP contribution in [0.2, 0.25) is 0 Å². The van der Waals surface area contributed by atoms with Crippen molar-refractivity contribution in [2.24, 2.45) is 0 Å². The molecule has 1 unspecified atom stereocenters. The first-order valence-corrected chi connectivity index (χ1v) is 18.8. The number of ether oxygens (including phenoxy) is 2. The van der Waals surface area contributed by atoms with E-state index in [4.69, 9.17) is 18.5 Å². The van der Waals surface area contributed by atoms with Crippen LogP contribution in [0.4, 0.5) is 0 Å². The summed E-state index contributed by atoms with van der Waals surface area (Å²) in [6.07, 6.45) is 21.6. The lowest BCUT2D eigenvalue weighted by Gasteiger charge is -2.24. The first-order valence-electron chi connectivity index (χ1n) is 17.3. The van der Waals surface area contributed by atoms with Crippen LogP contribution in [0.25, 0.3) is 0 Å². The Kier molecular flexibility index (Phi) is 26.7. The van der Waals surface area contributed by atoms with Gasteiger partial charge in [-0.15, -0.1) is 0 Å². The van der Waals surface area contributed by atoms with Crippen LogP contribution in [0.3, 0.4) is 0 Å². The SMILES string of the molecule is CCCCCCCCCCCCCC(=O)OC[C@H](COP(=O)(O)OCC[N+](C)(C)C)OC(=O)CCCCCCCCCC. The number of rotatable bonds is 31. The third-order valence-corrected chi connectivity index (χ3v) is 8.37. The third kappa shape index (κ3) is 30.8. The molecule has 0 aliphatic carbocycles. The molecule has 0 aromatic heterocycles. The Labute approximate surface area is 264 Å². The first-order chi connectivity index (χ1) is 20.5. The molecule has 0 saturated heterocycles. The predicted octanol–water partition coefficient (Wildman–Crippen LogP) is 8.51. The Morgan fingerprint density at radius 1 is 0.628 bits per heavy atom. The maximum Gasteiger partial charge on any atom is 0.472 e. The van der Waals surface area contributed by atoms with Gasteiger partial charge >= 0.3 is 19.8 Å². The van der Waals surface area contributed by atoms with E-state index in [9.17, 15) is 19.0 Å². The van der Waals surface area contributed by atoms with Crippen molar-refractivity contribution in [1.29, 1.82) is 0 Å². The molecule has 0 spiro atoms. The maximum absolute atomic E-state index is 12.5. The van der Waals surface area contributed by atoms with Gasteiger partial charge in [0.2, 0.25) is 0 Å². The molecule has 0 heterocycles.